The minimum absolute atomic E-state index is 0.00293. The summed E-state index contributed by atoms with van der Waals surface area (Å²) in [7, 11) is -2.47. The number of nitrogens with one attached hydrogen (secondary N) is 2. The Morgan fingerprint density at radius 2 is 1.86 bits per heavy atom. The first kappa shape index (κ1) is 20.9. The molecule has 0 bridgehead atoms. The quantitative estimate of drug-likeness (QED) is 0.743. The second-order valence-electron chi connectivity index (χ2n) is 8.03. The van der Waals surface area contributed by atoms with E-state index in [1.807, 2.05) is 0 Å². The summed E-state index contributed by atoms with van der Waals surface area (Å²) in [4.78, 5) is 29.2. The van der Waals surface area contributed by atoms with Gasteiger partial charge >= 0.3 is 0 Å². The summed E-state index contributed by atoms with van der Waals surface area (Å²) >= 11 is 0. The van der Waals surface area contributed by atoms with Crippen molar-refractivity contribution in [1.29, 1.82) is 0 Å². The maximum absolute atomic E-state index is 12.8. The van der Waals surface area contributed by atoms with Crippen molar-refractivity contribution in [2.45, 2.75) is 56.4 Å². The van der Waals surface area contributed by atoms with Crippen LogP contribution in [0.1, 0.15) is 55.9 Å². The van der Waals surface area contributed by atoms with Crippen LogP contribution in [-0.4, -0.2) is 67.1 Å². The lowest BCUT2D eigenvalue weighted by atomic mass is 9.87. The van der Waals surface area contributed by atoms with Crippen LogP contribution in [0.15, 0.2) is 17.2 Å². The molecule has 2 fully saturated rings. The van der Waals surface area contributed by atoms with Gasteiger partial charge in [-0.3, -0.25) is 9.59 Å². The van der Waals surface area contributed by atoms with E-state index in [2.05, 4.69) is 17.2 Å². The molecule has 3 rings (SSSR count). The van der Waals surface area contributed by atoms with E-state index in [0.717, 1.165) is 42.8 Å². The first-order valence-corrected chi connectivity index (χ1v) is 11.4. The van der Waals surface area contributed by atoms with Crippen LogP contribution in [0, 0.1) is 5.92 Å². The lowest BCUT2D eigenvalue weighted by molar-refractivity contribution is -0.122. The predicted octanol–water partition coefficient (Wildman–Crippen LogP) is 1.57. The highest BCUT2D eigenvalue weighted by Crippen LogP contribution is 2.23. The van der Waals surface area contributed by atoms with Gasteiger partial charge in [0.15, 0.2) is 0 Å². The molecule has 1 aliphatic heterocycles. The molecule has 1 aromatic heterocycles. The molecule has 1 aromatic rings. The minimum atomic E-state index is -3.85. The molecule has 0 unspecified atom stereocenters. The standard InChI is InChI=1S/C19H30N4O4S/c1-14-5-7-15(8-6-14)21-18(24)13-22(2)28(26,27)16-11-17(20-12-16)19(25)23-9-3-4-10-23/h11-12,14-15,20H,3-10,13H2,1-2H3,(H,21,24). The number of aromatic amines is 1. The van der Waals surface area contributed by atoms with E-state index in [-0.39, 0.29) is 35.0 Å². The van der Waals surface area contributed by atoms with Gasteiger partial charge in [-0.05, 0) is 50.5 Å². The second-order valence-corrected chi connectivity index (χ2v) is 10.1. The number of nitrogens with zero attached hydrogens (tertiary/aromatic N) is 2. The van der Waals surface area contributed by atoms with Crippen molar-refractivity contribution in [1.82, 2.24) is 19.5 Å². The van der Waals surface area contributed by atoms with Gasteiger partial charge in [-0.15, -0.1) is 0 Å². The van der Waals surface area contributed by atoms with Crippen LogP contribution in [0.4, 0.5) is 0 Å². The molecule has 2 amide bonds. The van der Waals surface area contributed by atoms with E-state index in [0.29, 0.717) is 19.0 Å². The summed E-state index contributed by atoms with van der Waals surface area (Å²) in [6, 6.07) is 1.48. The highest BCUT2D eigenvalue weighted by atomic mass is 32.2. The fraction of sp³-hybridized carbons (Fsp3) is 0.684. The van der Waals surface area contributed by atoms with Gasteiger partial charge in [-0.2, -0.15) is 4.31 Å². The zero-order valence-electron chi connectivity index (χ0n) is 16.6. The van der Waals surface area contributed by atoms with Crippen molar-refractivity contribution in [3.63, 3.8) is 0 Å². The molecule has 0 aromatic carbocycles. The lowest BCUT2D eigenvalue weighted by Crippen LogP contribution is -2.43. The van der Waals surface area contributed by atoms with Gasteiger partial charge in [0.1, 0.15) is 10.6 Å². The van der Waals surface area contributed by atoms with Crippen LogP contribution >= 0.6 is 0 Å². The number of sulfonamides is 1. The molecule has 28 heavy (non-hydrogen) atoms. The van der Waals surface area contributed by atoms with Crippen LogP contribution in [0.2, 0.25) is 0 Å². The molecule has 1 saturated heterocycles. The van der Waals surface area contributed by atoms with Gasteiger partial charge in [0, 0.05) is 32.4 Å². The SMILES string of the molecule is CC1CCC(NC(=O)CN(C)S(=O)(=O)c2c[nH]c(C(=O)N3CCCC3)c2)CC1. The maximum atomic E-state index is 12.8. The van der Waals surface area contributed by atoms with Crippen molar-refractivity contribution < 1.29 is 18.0 Å². The van der Waals surface area contributed by atoms with Gasteiger partial charge in [-0.1, -0.05) is 6.92 Å². The Kier molecular flexibility index (Phi) is 6.44. The summed E-state index contributed by atoms with van der Waals surface area (Å²) in [5.41, 5.74) is 0.259. The third-order valence-corrected chi connectivity index (χ3v) is 7.52. The van der Waals surface area contributed by atoms with Gasteiger partial charge in [0.05, 0.1) is 6.54 Å². The third kappa shape index (κ3) is 4.75. The van der Waals surface area contributed by atoms with Crippen LogP contribution < -0.4 is 5.32 Å². The minimum Gasteiger partial charge on any atom is -0.356 e. The highest BCUT2D eigenvalue weighted by Gasteiger charge is 2.28. The number of hydrogen-bond donors (Lipinski definition) is 2. The number of likely N-dealkylation sites (tertiary alicyclic amines) is 1. The number of aromatic nitrogens is 1. The van der Waals surface area contributed by atoms with Crippen molar-refractivity contribution in [2.24, 2.45) is 5.92 Å². The molecule has 1 aliphatic carbocycles. The third-order valence-electron chi connectivity index (χ3n) is 5.74. The predicted molar refractivity (Wildman–Crippen MR) is 105 cm³/mol. The number of carbonyl (C=O) groups is 2. The van der Waals surface area contributed by atoms with E-state index in [4.69, 9.17) is 0 Å². The first-order valence-electron chi connectivity index (χ1n) is 10.0. The molecule has 0 atom stereocenters. The Hall–Kier alpha value is -1.87. The second kappa shape index (κ2) is 8.65. The van der Waals surface area contributed by atoms with E-state index in [9.17, 15) is 18.0 Å². The van der Waals surface area contributed by atoms with E-state index < -0.39 is 10.0 Å². The van der Waals surface area contributed by atoms with Crippen molar-refractivity contribution in [3.8, 4) is 0 Å². The van der Waals surface area contributed by atoms with Gasteiger partial charge in [0.2, 0.25) is 15.9 Å². The number of hydrogen-bond acceptors (Lipinski definition) is 4. The molecule has 0 spiro atoms. The maximum Gasteiger partial charge on any atom is 0.270 e. The average Bonchev–Trinajstić information content (AvgIpc) is 3.35. The van der Waals surface area contributed by atoms with Crippen molar-refractivity contribution in [3.05, 3.63) is 18.0 Å². The monoisotopic (exact) mass is 410 g/mol. The number of carbonyl (C=O) groups excluding carboxylic acids is 2. The molecule has 0 radical (unpaired) electrons. The van der Waals surface area contributed by atoms with E-state index in [1.54, 1.807) is 4.90 Å². The topological polar surface area (TPSA) is 103 Å². The largest absolute Gasteiger partial charge is 0.356 e. The van der Waals surface area contributed by atoms with E-state index in [1.165, 1.54) is 19.3 Å². The molecule has 2 N–H and O–H groups in total. The Bertz CT molecular complexity index is 806. The number of H-pyrrole nitrogens is 1. The van der Waals surface area contributed by atoms with Gasteiger partial charge in [0.25, 0.3) is 5.91 Å². The van der Waals surface area contributed by atoms with Crippen molar-refractivity contribution in [2.75, 3.05) is 26.7 Å². The Balaban J connectivity index is 1.59. The Morgan fingerprint density at radius 1 is 1.21 bits per heavy atom. The highest BCUT2D eigenvalue weighted by molar-refractivity contribution is 7.89. The molecular formula is C19H30N4O4S. The summed E-state index contributed by atoms with van der Waals surface area (Å²) in [6.07, 6.45) is 7.28. The summed E-state index contributed by atoms with van der Waals surface area (Å²) in [5.74, 6) is 0.197. The molecule has 156 valence electrons. The summed E-state index contributed by atoms with van der Waals surface area (Å²) in [5, 5.41) is 2.94. The smallest absolute Gasteiger partial charge is 0.270 e. The number of likely N-dealkylation sites (N-methyl/N-ethyl adjacent to an activating group) is 1. The summed E-state index contributed by atoms with van der Waals surface area (Å²) < 4.78 is 26.6. The van der Waals surface area contributed by atoms with Crippen molar-refractivity contribution >= 4 is 21.8 Å². The molecule has 9 heteroatoms. The molecule has 2 aliphatic rings. The van der Waals surface area contributed by atoms with Crippen LogP contribution in [0.25, 0.3) is 0 Å². The van der Waals surface area contributed by atoms with Gasteiger partial charge in [-0.25, -0.2) is 8.42 Å². The normalized spacial score (nSPS) is 23.2. The molecule has 2 heterocycles. The Morgan fingerprint density at radius 3 is 2.50 bits per heavy atom. The first-order chi connectivity index (χ1) is 13.3. The number of rotatable bonds is 6. The van der Waals surface area contributed by atoms with Gasteiger partial charge < -0.3 is 15.2 Å². The fourth-order valence-corrected chi connectivity index (χ4v) is 5.00. The Labute approximate surface area is 166 Å². The summed E-state index contributed by atoms with van der Waals surface area (Å²) in [6.45, 7) is 3.35. The fourth-order valence-electron chi connectivity index (χ4n) is 3.88. The molecule has 1 saturated carbocycles. The molecule has 8 nitrogen and oxygen atoms in total. The van der Waals surface area contributed by atoms with Crippen LogP contribution in [0.5, 0.6) is 0 Å². The van der Waals surface area contributed by atoms with Crippen LogP contribution in [-0.2, 0) is 14.8 Å². The average molecular weight is 411 g/mol. The number of amides is 2. The zero-order chi connectivity index (χ0) is 20.3. The lowest BCUT2D eigenvalue weighted by Gasteiger charge is -2.27. The van der Waals surface area contributed by atoms with E-state index >= 15 is 0 Å². The van der Waals surface area contributed by atoms with Crippen LogP contribution in [0.3, 0.4) is 0 Å². The zero-order valence-corrected chi connectivity index (χ0v) is 17.4. The molecular weight excluding hydrogens is 380 g/mol.